The number of amides is 1. The highest BCUT2D eigenvalue weighted by atomic mass is 79.9. The molecule has 0 saturated carbocycles. The highest BCUT2D eigenvalue weighted by Gasteiger charge is 2.18. The molecule has 0 bridgehead atoms. The van der Waals surface area contributed by atoms with Gasteiger partial charge in [0.05, 0.1) is 5.38 Å². The van der Waals surface area contributed by atoms with E-state index in [1.54, 1.807) is 10.8 Å². The third-order valence-corrected chi connectivity index (χ3v) is 3.57. The predicted octanol–water partition coefficient (Wildman–Crippen LogP) is 3.27. The molecule has 2 heterocycles. The molecule has 1 unspecified atom stereocenters. The Balaban J connectivity index is 2.32. The molecule has 0 saturated heterocycles. The minimum Gasteiger partial charge on any atom is -0.354 e. The number of carbonyl (C=O) groups excluding carboxylic acids is 1. The van der Waals surface area contributed by atoms with Crippen molar-refractivity contribution in [2.45, 2.75) is 32.7 Å². The van der Waals surface area contributed by atoms with Crippen molar-refractivity contribution in [1.29, 1.82) is 0 Å². The van der Waals surface area contributed by atoms with Gasteiger partial charge in [-0.15, -0.1) is 11.6 Å². The molecule has 0 aliphatic rings. The lowest BCUT2D eigenvalue weighted by molar-refractivity contribution is -0.121. The Morgan fingerprint density at radius 1 is 1.48 bits per heavy atom. The number of imidazole rings is 1. The van der Waals surface area contributed by atoms with Crippen LogP contribution in [0.3, 0.4) is 0 Å². The Morgan fingerprint density at radius 3 is 2.81 bits per heavy atom. The Kier molecular flexibility index (Phi) is 5.22. The number of rotatable bonds is 5. The topological polar surface area (TPSA) is 59.8 Å². The molecule has 0 radical (unpaired) electrons. The third kappa shape index (κ3) is 3.95. The van der Waals surface area contributed by atoms with Crippen LogP contribution in [-0.2, 0) is 11.3 Å². The van der Waals surface area contributed by atoms with Crippen molar-refractivity contribution in [1.82, 2.24) is 19.9 Å². The maximum atomic E-state index is 12.1. The first-order valence-corrected chi connectivity index (χ1v) is 8.04. The van der Waals surface area contributed by atoms with Gasteiger partial charge >= 0.3 is 0 Å². The number of hydrogen-bond donors (Lipinski definition) is 1. The Hall–Kier alpha value is -1.14. The first-order valence-electron chi connectivity index (χ1n) is 6.81. The second-order valence-corrected chi connectivity index (χ2v) is 6.94. The summed E-state index contributed by atoms with van der Waals surface area (Å²) < 4.78 is 2.62. The molecular formula is C14H18BrClN4O. The molecule has 0 aliphatic heterocycles. The van der Waals surface area contributed by atoms with E-state index in [-0.39, 0.29) is 17.8 Å². The van der Waals surface area contributed by atoms with E-state index in [1.165, 1.54) is 0 Å². The van der Waals surface area contributed by atoms with Crippen LogP contribution in [0.2, 0.25) is 0 Å². The van der Waals surface area contributed by atoms with Crippen molar-refractivity contribution in [2.24, 2.45) is 5.92 Å². The first-order chi connectivity index (χ1) is 9.88. The average Bonchev–Trinajstić information content (AvgIpc) is 2.74. The minimum absolute atomic E-state index is 0.0636. The number of hydrogen-bond acceptors (Lipinski definition) is 3. The number of nitrogens with zero attached hydrogens (tertiary/aromatic N) is 3. The van der Waals surface area contributed by atoms with Crippen LogP contribution >= 0.6 is 27.5 Å². The van der Waals surface area contributed by atoms with E-state index < -0.39 is 0 Å². The van der Waals surface area contributed by atoms with Gasteiger partial charge in [0.15, 0.2) is 5.65 Å². The molecule has 1 amide bonds. The molecule has 2 aromatic rings. The molecule has 7 heteroatoms. The van der Waals surface area contributed by atoms with Crippen molar-refractivity contribution in [3.63, 3.8) is 0 Å². The summed E-state index contributed by atoms with van der Waals surface area (Å²) in [6.07, 6.45) is 1.69. The summed E-state index contributed by atoms with van der Waals surface area (Å²) in [4.78, 5) is 20.9. The maximum Gasteiger partial charge on any atom is 0.240 e. The van der Waals surface area contributed by atoms with Crippen molar-refractivity contribution in [2.75, 3.05) is 6.54 Å². The molecular weight excluding hydrogens is 356 g/mol. The van der Waals surface area contributed by atoms with E-state index in [1.807, 2.05) is 13.0 Å². The quantitative estimate of drug-likeness (QED) is 0.818. The number of nitrogens with one attached hydrogen (secondary N) is 1. The lowest BCUT2D eigenvalue weighted by atomic mass is 10.2. The smallest absolute Gasteiger partial charge is 0.240 e. The number of halogens is 2. The van der Waals surface area contributed by atoms with E-state index in [0.717, 1.165) is 9.99 Å². The summed E-state index contributed by atoms with van der Waals surface area (Å²) in [6.45, 7) is 6.76. The van der Waals surface area contributed by atoms with Gasteiger partial charge in [-0.05, 0) is 34.8 Å². The number of pyridine rings is 1. The van der Waals surface area contributed by atoms with Gasteiger partial charge in [0, 0.05) is 17.2 Å². The molecule has 21 heavy (non-hydrogen) atoms. The van der Waals surface area contributed by atoms with Crippen LogP contribution in [0.5, 0.6) is 0 Å². The van der Waals surface area contributed by atoms with Crippen LogP contribution < -0.4 is 5.32 Å². The Labute approximate surface area is 137 Å². The molecule has 114 valence electrons. The molecule has 1 N–H and O–H groups in total. The fraction of sp³-hybridized carbons (Fsp3) is 0.500. The van der Waals surface area contributed by atoms with E-state index in [4.69, 9.17) is 11.6 Å². The number of fused-ring (bicyclic) bond motifs is 1. The molecule has 0 aliphatic carbocycles. The number of carbonyl (C=O) groups is 1. The van der Waals surface area contributed by atoms with Gasteiger partial charge in [0.2, 0.25) is 5.91 Å². The molecule has 0 fully saturated rings. The van der Waals surface area contributed by atoms with Gasteiger partial charge in [-0.1, -0.05) is 13.8 Å². The SMILES string of the molecule is CC(C)CNC(=O)Cn1c(C(C)Cl)nc2cc(Br)cnc21. The van der Waals surface area contributed by atoms with Gasteiger partial charge in [-0.2, -0.15) is 0 Å². The highest BCUT2D eigenvalue weighted by molar-refractivity contribution is 9.10. The lowest BCUT2D eigenvalue weighted by Crippen LogP contribution is -2.31. The van der Waals surface area contributed by atoms with Crippen molar-refractivity contribution in [3.05, 3.63) is 22.6 Å². The van der Waals surface area contributed by atoms with Crippen molar-refractivity contribution >= 4 is 44.6 Å². The second-order valence-electron chi connectivity index (χ2n) is 5.37. The monoisotopic (exact) mass is 372 g/mol. The van der Waals surface area contributed by atoms with Crippen molar-refractivity contribution < 1.29 is 4.79 Å². The lowest BCUT2D eigenvalue weighted by Gasteiger charge is -2.11. The molecule has 2 aromatic heterocycles. The highest BCUT2D eigenvalue weighted by Crippen LogP contribution is 2.25. The van der Waals surface area contributed by atoms with Gasteiger partial charge in [-0.25, -0.2) is 9.97 Å². The largest absolute Gasteiger partial charge is 0.354 e. The fourth-order valence-electron chi connectivity index (χ4n) is 1.98. The van der Waals surface area contributed by atoms with Crippen molar-refractivity contribution in [3.8, 4) is 0 Å². The van der Waals surface area contributed by atoms with Crippen LogP contribution in [0.25, 0.3) is 11.2 Å². The van der Waals surface area contributed by atoms with Gasteiger partial charge in [0.25, 0.3) is 0 Å². The number of alkyl halides is 1. The van der Waals surface area contributed by atoms with Crippen LogP contribution in [0.1, 0.15) is 32.0 Å². The predicted molar refractivity (Wildman–Crippen MR) is 87.3 cm³/mol. The van der Waals surface area contributed by atoms with Gasteiger partial charge in [-0.3, -0.25) is 4.79 Å². The molecule has 2 rings (SSSR count). The van der Waals surface area contributed by atoms with Crippen LogP contribution in [-0.4, -0.2) is 27.0 Å². The average molecular weight is 374 g/mol. The zero-order chi connectivity index (χ0) is 15.6. The minimum atomic E-state index is -0.295. The summed E-state index contributed by atoms with van der Waals surface area (Å²) >= 11 is 9.55. The fourth-order valence-corrected chi connectivity index (χ4v) is 2.47. The maximum absolute atomic E-state index is 12.1. The van der Waals surface area contributed by atoms with E-state index in [2.05, 4.69) is 45.1 Å². The third-order valence-electron chi connectivity index (χ3n) is 2.95. The van der Waals surface area contributed by atoms with Gasteiger partial charge < -0.3 is 9.88 Å². The van der Waals surface area contributed by atoms with E-state index in [0.29, 0.717) is 23.9 Å². The zero-order valence-corrected chi connectivity index (χ0v) is 14.6. The van der Waals surface area contributed by atoms with E-state index in [9.17, 15) is 4.79 Å². The summed E-state index contributed by atoms with van der Waals surface area (Å²) in [6, 6.07) is 1.87. The summed E-state index contributed by atoms with van der Waals surface area (Å²) in [5.74, 6) is 0.997. The van der Waals surface area contributed by atoms with Crippen LogP contribution in [0.15, 0.2) is 16.7 Å². The molecule has 1 atom stereocenters. The number of aromatic nitrogens is 3. The molecule has 0 aromatic carbocycles. The summed E-state index contributed by atoms with van der Waals surface area (Å²) in [7, 11) is 0. The van der Waals surface area contributed by atoms with Gasteiger partial charge in [0.1, 0.15) is 17.9 Å². The molecule has 5 nitrogen and oxygen atoms in total. The Morgan fingerprint density at radius 2 is 2.19 bits per heavy atom. The summed E-state index contributed by atoms with van der Waals surface area (Å²) in [5, 5.41) is 2.60. The van der Waals surface area contributed by atoms with Crippen LogP contribution in [0.4, 0.5) is 0 Å². The van der Waals surface area contributed by atoms with Crippen LogP contribution in [0, 0.1) is 5.92 Å². The summed E-state index contributed by atoms with van der Waals surface area (Å²) in [5.41, 5.74) is 1.39. The Bertz CT molecular complexity index is 654. The van der Waals surface area contributed by atoms with E-state index >= 15 is 0 Å². The normalized spacial score (nSPS) is 12.9. The zero-order valence-electron chi connectivity index (χ0n) is 12.2. The first kappa shape index (κ1) is 16.2. The molecule has 0 spiro atoms. The standard InChI is InChI=1S/C14H18BrClN4O/c1-8(2)5-17-12(21)7-20-13(9(3)16)19-11-4-10(15)6-18-14(11)20/h4,6,8-9H,5,7H2,1-3H3,(H,17,21). The second kappa shape index (κ2) is 6.75.